The third kappa shape index (κ3) is 4.23. The van der Waals surface area contributed by atoms with Crippen LogP contribution in [0.1, 0.15) is 22.3 Å². The van der Waals surface area contributed by atoms with Crippen LogP contribution < -0.4 is 0 Å². The number of hydrogen-bond acceptors (Lipinski definition) is 0. The van der Waals surface area contributed by atoms with Crippen LogP contribution in [0.4, 0.5) is 0 Å². The molecular weight excluding hydrogens is 661 g/mol. The standard InChI is InChI=1S/C55H34/c1-3-15-42(16-4-1)55(43-17-5-2-6-18-43)50-31-27-41(45-28-25-38-23-22-36-13-9-14-37-26-29-48(45)53(38)52(36)37)34-49(50)54-47-20-10-19-44(46(47)30-32-51(54)55)40-24-21-35-11-7-8-12-39(35)33-40/h1-34H. The molecule has 0 radical (unpaired) electrons. The normalized spacial score (nSPS) is 13.2. The molecule has 0 amide bonds. The van der Waals surface area contributed by atoms with E-state index in [1.54, 1.807) is 0 Å². The van der Waals surface area contributed by atoms with Gasteiger partial charge in [0.1, 0.15) is 0 Å². The highest BCUT2D eigenvalue weighted by molar-refractivity contribution is 6.25. The zero-order chi connectivity index (χ0) is 36.1. The lowest BCUT2D eigenvalue weighted by Gasteiger charge is -2.34. The van der Waals surface area contributed by atoms with Gasteiger partial charge in [-0.25, -0.2) is 0 Å². The minimum Gasteiger partial charge on any atom is -0.0622 e. The van der Waals surface area contributed by atoms with Crippen LogP contribution in [0.2, 0.25) is 0 Å². The van der Waals surface area contributed by atoms with Gasteiger partial charge in [-0.2, -0.15) is 0 Å². The SMILES string of the molecule is c1ccc(C2(c3ccccc3)c3ccc(-c4ccc5ccc6cccc7ccc4c5c67)cc3-c3c2ccc2c(-c4ccc5ccccc5c4)cccc32)cc1. The van der Waals surface area contributed by atoms with Crippen molar-refractivity contribution in [3.05, 3.63) is 229 Å². The highest BCUT2D eigenvalue weighted by Gasteiger charge is 2.46. The topological polar surface area (TPSA) is 0 Å². The summed E-state index contributed by atoms with van der Waals surface area (Å²) in [5.41, 5.74) is 12.3. The lowest BCUT2D eigenvalue weighted by Crippen LogP contribution is -2.28. The molecular formula is C55H34. The minimum atomic E-state index is -0.485. The Kier molecular flexibility index (Phi) is 6.36. The number of rotatable bonds is 4. The summed E-state index contributed by atoms with van der Waals surface area (Å²) in [6.45, 7) is 0. The highest BCUT2D eigenvalue weighted by Crippen LogP contribution is 2.59. The van der Waals surface area contributed by atoms with Crippen molar-refractivity contribution in [2.75, 3.05) is 0 Å². The maximum Gasteiger partial charge on any atom is 0.0713 e. The third-order valence-electron chi connectivity index (χ3n) is 12.5. The van der Waals surface area contributed by atoms with Gasteiger partial charge in [-0.05, 0) is 122 Å². The smallest absolute Gasteiger partial charge is 0.0622 e. The van der Waals surface area contributed by atoms with Crippen LogP contribution in [0.25, 0.3) is 87.2 Å². The van der Waals surface area contributed by atoms with E-state index in [1.807, 2.05) is 0 Å². The molecule has 0 nitrogen and oxygen atoms in total. The van der Waals surface area contributed by atoms with Gasteiger partial charge in [-0.3, -0.25) is 0 Å². The Morgan fingerprint density at radius 1 is 0.273 bits per heavy atom. The Labute approximate surface area is 319 Å². The first-order valence-corrected chi connectivity index (χ1v) is 19.3. The van der Waals surface area contributed by atoms with Crippen LogP contribution in [-0.4, -0.2) is 0 Å². The van der Waals surface area contributed by atoms with Gasteiger partial charge in [0.15, 0.2) is 0 Å². The monoisotopic (exact) mass is 694 g/mol. The van der Waals surface area contributed by atoms with Crippen LogP contribution in [0.3, 0.4) is 0 Å². The van der Waals surface area contributed by atoms with Gasteiger partial charge in [0.25, 0.3) is 0 Å². The maximum absolute atomic E-state index is 2.50. The van der Waals surface area contributed by atoms with Gasteiger partial charge >= 0.3 is 0 Å². The van der Waals surface area contributed by atoms with E-state index in [4.69, 9.17) is 0 Å². The number of hydrogen-bond donors (Lipinski definition) is 0. The molecule has 0 unspecified atom stereocenters. The number of fused-ring (bicyclic) bond motifs is 6. The second-order valence-corrected chi connectivity index (χ2v) is 15.2. The summed E-state index contributed by atoms with van der Waals surface area (Å²) in [7, 11) is 0. The van der Waals surface area contributed by atoms with Crippen molar-refractivity contribution in [3.63, 3.8) is 0 Å². The van der Waals surface area contributed by atoms with Crippen molar-refractivity contribution in [1.29, 1.82) is 0 Å². The van der Waals surface area contributed by atoms with E-state index in [-0.39, 0.29) is 0 Å². The zero-order valence-corrected chi connectivity index (χ0v) is 30.1. The van der Waals surface area contributed by atoms with E-state index >= 15 is 0 Å². The van der Waals surface area contributed by atoms with Crippen LogP contribution >= 0.6 is 0 Å². The van der Waals surface area contributed by atoms with Gasteiger partial charge in [-0.15, -0.1) is 0 Å². The van der Waals surface area contributed by atoms with Gasteiger partial charge in [0.05, 0.1) is 5.41 Å². The van der Waals surface area contributed by atoms with E-state index in [0.717, 1.165) is 0 Å². The molecule has 0 aromatic heterocycles. The molecule has 12 rings (SSSR count). The van der Waals surface area contributed by atoms with Gasteiger partial charge in [0.2, 0.25) is 0 Å². The molecule has 11 aromatic rings. The van der Waals surface area contributed by atoms with E-state index in [9.17, 15) is 0 Å². The second kappa shape index (κ2) is 11.5. The largest absolute Gasteiger partial charge is 0.0713 e. The molecule has 11 aromatic carbocycles. The fraction of sp³-hybridized carbons (Fsp3) is 0.0182. The van der Waals surface area contributed by atoms with E-state index < -0.39 is 5.41 Å². The maximum atomic E-state index is 2.50. The quantitative estimate of drug-likeness (QED) is 0.161. The molecule has 0 saturated carbocycles. The fourth-order valence-electron chi connectivity index (χ4n) is 10.1. The molecule has 55 heavy (non-hydrogen) atoms. The summed E-state index contributed by atoms with van der Waals surface area (Å²) < 4.78 is 0. The first-order chi connectivity index (χ1) is 27.3. The Morgan fingerprint density at radius 3 is 1.60 bits per heavy atom. The molecule has 0 bridgehead atoms. The van der Waals surface area contributed by atoms with E-state index in [0.29, 0.717) is 0 Å². The Balaban J connectivity index is 1.18. The molecule has 0 spiro atoms. The Morgan fingerprint density at radius 2 is 0.818 bits per heavy atom. The van der Waals surface area contributed by atoms with E-state index in [1.165, 1.54) is 109 Å². The average Bonchev–Trinajstić information content (AvgIpc) is 3.56. The molecule has 1 aliphatic carbocycles. The third-order valence-corrected chi connectivity index (χ3v) is 12.5. The van der Waals surface area contributed by atoms with Crippen molar-refractivity contribution in [2.45, 2.75) is 5.41 Å². The minimum absolute atomic E-state index is 0.485. The lowest BCUT2D eigenvalue weighted by molar-refractivity contribution is 0.769. The van der Waals surface area contributed by atoms with Gasteiger partial charge < -0.3 is 0 Å². The molecule has 0 heteroatoms. The van der Waals surface area contributed by atoms with Crippen LogP contribution in [-0.2, 0) is 5.41 Å². The summed E-state index contributed by atoms with van der Waals surface area (Å²) in [4.78, 5) is 0. The second-order valence-electron chi connectivity index (χ2n) is 15.2. The van der Waals surface area contributed by atoms with E-state index in [2.05, 4.69) is 206 Å². The van der Waals surface area contributed by atoms with Gasteiger partial charge in [0, 0.05) is 0 Å². The van der Waals surface area contributed by atoms with Crippen molar-refractivity contribution in [1.82, 2.24) is 0 Å². The number of benzene rings is 11. The molecule has 0 heterocycles. The summed E-state index contributed by atoms with van der Waals surface area (Å²) >= 11 is 0. The summed E-state index contributed by atoms with van der Waals surface area (Å²) in [6.07, 6.45) is 0. The first-order valence-electron chi connectivity index (χ1n) is 19.3. The molecule has 0 fully saturated rings. The van der Waals surface area contributed by atoms with Gasteiger partial charge in [-0.1, -0.05) is 194 Å². The summed E-state index contributed by atoms with van der Waals surface area (Å²) in [5, 5.41) is 12.9. The fourth-order valence-corrected chi connectivity index (χ4v) is 10.1. The van der Waals surface area contributed by atoms with Crippen molar-refractivity contribution >= 4 is 53.9 Å². The Bertz CT molecular complexity index is 3240. The predicted octanol–water partition coefficient (Wildman–Crippen LogP) is 14.6. The highest BCUT2D eigenvalue weighted by atomic mass is 14.5. The van der Waals surface area contributed by atoms with Crippen LogP contribution in [0.15, 0.2) is 206 Å². The lowest BCUT2D eigenvalue weighted by atomic mass is 9.67. The van der Waals surface area contributed by atoms with Crippen molar-refractivity contribution < 1.29 is 0 Å². The molecule has 0 saturated heterocycles. The Hall–Kier alpha value is -7.02. The molecule has 0 atom stereocenters. The predicted molar refractivity (Wildman–Crippen MR) is 233 cm³/mol. The molecule has 1 aliphatic rings. The summed E-state index contributed by atoms with van der Waals surface area (Å²) in [5.74, 6) is 0. The zero-order valence-electron chi connectivity index (χ0n) is 30.1. The molecule has 0 aliphatic heterocycles. The van der Waals surface area contributed by atoms with Crippen LogP contribution in [0.5, 0.6) is 0 Å². The molecule has 254 valence electrons. The average molecular weight is 695 g/mol. The van der Waals surface area contributed by atoms with Crippen molar-refractivity contribution in [2.24, 2.45) is 0 Å². The van der Waals surface area contributed by atoms with Crippen LogP contribution in [0, 0.1) is 0 Å². The first kappa shape index (κ1) is 30.4. The van der Waals surface area contributed by atoms with Crippen molar-refractivity contribution in [3.8, 4) is 33.4 Å². The summed E-state index contributed by atoms with van der Waals surface area (Å²) in [6, 6.07) is 77.3. The molecule has 0 N–H and O–H groups in total.